The van der Waals surface area contributed by atoms with Gasteiger partial charge in [0.05, 0.1) is 39.0 Å². The highest BCUT2D eigenvalue weighted by molar-refractivity contribution is 6.13. The van der Waals surface area contributed by atoms with Crippen LogP contribution in [0.2, 0.25) is 0 Å². The highest BCUT2D eigenvalue weighted by Gasteiger charge is 2.29. The van der Waals surface area contributed by atoms with Crippen LogP contribution in [0.4, 0.5) is 0 Å². The molecule has 0 saturated carbocycles. The summed E-state index contributed by atoms with van der Waals surface area (Å²) in [6.45, 7) is 2.15. The van der Waals surface area contributed by atoms with Crippen LogP contribution in [0.3, 0.4) is 0 Å². The first kappa shape index (κ1) is 43.6. The fraction of sp³-hybridized carbons (Fsp3) is 0.0149. The molecule has 0 spiro atoms. The summed E-state index contributed by atoms with van der Waals surface area (Å²) in [5.41, 5.74) is 14.2. The van der Waals surface area contributed by atoms with Gasteiger partial charge in [-0.2, -0.15) is 0 Å². The summed E-state index contributed by atoms with van der Waals surface area (Å²) in [5.74, 6) is 3.20. The Morgan fingerprint density at radius 3 is 1.17 bits per heavy atom. The largest absolute Gasteiger partial charge is 0.308 e. The predicted octanol–water partition coefficient (Wildman–Crippen LogP) is 16.2. The third-order valence-corrected chi connectivity index (χ3v) is 14.1. The Balaban J connectivity index is 1.19. The quantitative estimate of drug-likeness (QED) is 0.143. The third kappa shape index (κ3) is 7.63. The minimum absolute atomic E-state index is 0.486. The molecule has 0 radical (unpaired) electrons. The van der Waals surface area contributed by atoms with Crippen LogP contribution in [-0.4, -0.2) is 39.0 Å². The Morgan fingerprint density at radius 2 is 0.653 bits per heavy atom. The van der Waals surface area contributed by atoms with E-state index in [1.54, 1.807) is 0 Å². The van der Waals surface area contributed by atoms with E-state index in [1.165, 1.54) is 0 Å². The van der Waals surface area contributed by atoms with Crippen molar-refractivity contribution in [3.05, 3.63) is 254 Å². The van der Waals surface area contributed by atoms with Gasteiger partial charge < -0.3 is 9.13 Å². The van der Waals surface area contributed by atoms with Crippen molar-refractivity contribution in [1.29, 1.82) is 0 Å². The lowest BCUT2D eigenvalue weighted by molar-refractivity contribution is 1.04. The number of nitrogens with zero attached hydrogens (tertiary/aromatic N) is 8. The molecule has 0 saturated heterocycles. The molecule has 4 heterocycles. The van der Waals surface area contributed by atoms with Gasteiger partial charge in [-0.1, -0.05) is 206 Å². The minimum Gasteiger partial charge on any atom is -0.308 e. The highest BCUT2D eigenvalue weighted by atomic mass is 15.1. The number of rotatable bonds is 9. The van der Waals surface area contributed by atoms with Crippen LogP contribution in [0.15, 0.2) is 249 Å². The third-order valence-electron chi connectivity index (χ3n) is 14.1. The summed E-state index contributed by atoms with van der Waals surface area (Å²) in [5, 5.41) is 4.48. The number of para-hydroxylation sites is 2. The van der Waals surface area contributed by atoms with Gasteiger partial charge in [-0.15, -0.1) is 0 Å². The summed E-state index contributed by atoms with van der Waals surface area (Å²) < 4.78 is 4.76. The van der Waals surface area contributed by atoms with Crippen molar-refractivity contribution >= 4 is 43.6 Å². The van der Waals surface area contributed by atoms with Crippen molar-refractivity contribution in [2.45, 2.75) is 6.92 Å². The van der Waals surface area contributed by atoms with Gasteiger partial charge in [0.2, 0.25) is 0 Å². The zero-order chi connectivity index (χ0) is 49.8. The molecule has 0 atom stereocenters. The zero-order valence-corrected chi connectivity index (χ0v) is 40.7. The molecule has 0 amide bonds. The van der Waals surface area contributed by atoms with Crippen LogP contribution in [0.5, 0.6) is 0 Å². The van der Waals surface area contributed by atoms with Crippen LogP contribution in [0.25, 0.3) is 134 Å². The van der Waals surface area contributed by atoms with E-state index < -0.39 is 0 Å². The molecule has 8 nitrogen and oxygen atoms in total. The van der Waals surface area contributed by atoms with Gasteiger partial charge in [-0.05, 0) is 66.6 Å². The van der Waals surface area contributed by atoms with E-state index >= 15 is 0 Å². The van der Waals surface area contributed by atoms with Crippen LogP contribution in [-0.2, 0) is 0 Å². The molecule has 0 aliphatic rings. The van der Waals surface area contributed by atoms with Gasteiger partial charge in [0.1, 0.15) is 0 Å². The van der Waals surface area contributed by atoms with Gasteiger partial charge >= 0.3 is 0 Å². The van der Waals surface area contributed by atoms with E-state index in [4.69, 9.17) is 29.9 Å². The van der Waals surface area contributed by atoms with Gasteiger partial charge in [-0.25, -0.2) is 29.9 Å². The number of fused-ring (bicyclic) bond motifs is 6. The molecule has 8 heteroatoms. The molecule has 0 bridgehead atoms. The maximum atomic E-state index is 5.59. The average Bonchev–Trinajstić information content (AvgIpc) is 4.03. The van der Waals surface area contributed by atoms with Crippen LogP contribution in [0, 0.1) is 6.92 Å². The normalized spacial score (nSPS) is 11.5. The van der Waals surface area contributed by atoms with Gasteiger partial charge in [0.25, 0.3) is 0 Å². The Kier molecular flexibility index (Phi) is 10.5. The van der Waals surface area contributed by atoms with Crippen molar-refractivity contribution in [2.24, 2.45) is 0 Å². The fourth-order valence-corrected chi connectivity index (χ4v) is 10.6. The standard InChI is InChI=1S/C67H44N8/c1-43-35-38-58-53(41-43)50-31-18-20-34-56(50)75(58)61-52(66-70-62(45-23-9-3-10-24-45)68-63(71-66)46-25-11-4-12-26-46)37-40-59(60(61)67-72-64(47-27-13-5-14-28-47)69-65(73-67)48-29-15-6-16-30-48)74-55-33-19-17-32-51(55)54-42-49(36-39-57(54)74)44-21-7-2-8-22-44/h2-42H,1H3. The van der Waals surface area contributed by atoms with Gasteiger partial charge in [0.15, 0.2) is 34.9 Å². The molecule has 10 aromatic carbocycles. The van der Waals surface area contributed by atoms with Crippen molar-refractivity contribution in [1.82, 2.24) is 39.0 Å². The molecule has 0 unspecified atom stereocenters. The first-order valence-electron chi connectivity index (χ1n) is 25.1. The van der Waals surface area contributed by atoms with E-state index in [2.05, 4.69) is 168 Å². The molecule has 0 N–H and O–H groups in total. The summed E-state index contributed by atoms with van der Waals surface area (Å²) in [6, 6.07) is 86.4. The number of hydrogen-bond acceptors (Lipinski definition) is 6. The van der Waals surface area contributed by atoms with E-state index in [0.29, 0.717) is 34.9 Å². The molecule has 75 heavy (non-hydrogen) atoms. The molecular formula is C67H44N8. The topological polar surface area (TPSA) is 87.2 Å². The highest BCUT2D eigenvalue weighted by Crippen LogP contribution is 2.46. The molecule has 14 aromatic rings. The van der Waals surface area contributed by atoms with E-state index in [1.807, 2.05) is 97.1 Å². The molecule has 0 aliphatic carbocycles. The number of benzene rings is 10. The first-order chi connectivity index (χ1) is 37.1. The van der Waals surface area contributed by atoms with E-state index in [9.17, 15) is 0 Å². The number of aromatic nitrogens is 8. The van der Waals surface area contributed by atoms with Crippen molar-refractivity contribution in [3.63, 3.8) is 0 Å². The Morgan fingerprint density at radius 1 is 0.267 bits per heavy atom. The van der Waals surface area contributed by atoms with E-state index in [0.717, 1.165) is 105 Å². The summed E-state index contributed by atoms with van der Waals surface area (Å²) >= 11 is 0. The van der Waals surface area contributed by atoms with Gasteiger partial charge in [-0.3, -0.25) is 0 Å². The molecular weight excluding hydrogens is 917 g/mol. The summed E-state index contributed by atoms with van der Waals surface area (Å²) in [7, 11) is 0. The van der Waals surface area contributed by atoms with Crippen LogP contribution < -0.4 is 0 Å². The maximum absolute atomic E-state index is 5.59. The summed E-state index contributed by atoms with van der Waals surface area (Å²) in [4.78, 5) is 32.5. The van der Waals surface area contributed by atoms with Crippen molar-refractivity contribution in [2.75, 3.05) is 0 Å². The Labute approximate surface area is 432 Å². The lowest BCUT2D eigenvalue weighted by Crippen LogP contribution is -2.10. The monoisotopic (exact) mass is 960 g/mol. The maximum Gasteiger partial charge on any atom is 0.168 e. The second-order valence-corrected chi connectivity index (χ2v) is 18.8. The first-order valence-corrected chi connectivity index (χ1v) is 25.1. The molecule has 0 aliphatic heterocycles. The molecule has 0 fully saturated rings. The smallest absolute Gasteiger partial charge is 0.168 e. The Bertz CT molecular complexity index is 4340. The predicted molar refractivity (Wildman–Crippen MR) is 305 cm³/mol. The second-order valence-electron chi connectivity index (χ2n) is 18.8. The lowest BCUT2D eigenvalue weighted by Gasteiger charge is -2.23. The van der Waals surface area contributed by atoms with Crippen molar-refractivity contribution in [3.8, 4) is 90.8 Å². The zero-order valence-electron chi connectivity index (χ0n) is 40.7. The van der Waals surface area contributed by atoms with Gasteiger partial charge in [0, 0.05) is 49.4 Å². The SMILES string of the molecule is Cc1ccc2c(c1)c1ccccc1n2-c1c(-c2nc(-c3ccccc3)nc(-c3ccccc3)n2)ccc(-n2c3ccccc3c3cc(-c4ccccc4)ccc32)c1-c1nc(-c2ccccc2)nc(-c2ccccc2)n1. The van der Waals surface area contributed by atoms with Crippen LogP contribution in [0.1, 0.15) is 5.56 Å². The molecule has 4 aromatic heterocycles. The molecule has 352 valence electrons. The lowest BCUT2D eigenvalue weighted by atomic mass is 10.0. The average molecular weight is 961 g/mol. The second kappa shape index (κ2) is 18.1. The fourth-order valence-electron chi connectivity index (χ4n) is 10.6. The van der Waals surface area contributed by atoms with E-state index in [-0.39, 0.29) is 0 Å². The number of hydrogen-bond donors (Lipinski definition) is 0. The van der Waals surface area contributed by atoms with Crippen LogP contribution >= 0.6 is 0 Å². The summed E-state index contributed by atoms with van der Waals surface area (Å²) in [6.07, 6.45) is 0. The molecule has 14 rings (SSSR count). The Hall–Kier alpha value is -10.2. The minimum atomic E-state index is 0.486. The number of aryl methyl sites for hydroxylation is 1. The van der Waals surface area contributed by atoms with Crippen molar-refractivity contribution < 1.29 is 0 Å².